The summed E-state index contributed by atoms with van der Waals surface area (Å²) in [5.74, 6) is 0.778. The lowest BCUT2D eigenvalue weighted by Crippen LogP contribution is -2.46. The highest BCUT2D eigenvalue weighted by Gasteiger charge is 2.31. The molecule has 3 nitrogen and oxygen atoms in total. The lowest BCUT2D eigenvalue weighted by Gasteiger charge is -2.40. The molecule has 3 unspecified atom stereocenters. The molecule has 0 amide bonds. The predicted octanol–water partition coefficient (Wildman–Crippen LogP) is 2.84. The van der Waals surface area contributed by atoms with E-state index < -0.39 is 0 Å². The van der Waals surface area contributed by atoms with Crippen LogP contribution in [0.5, 0.6) is 0 Å². The van der Waals surface area contributed by atoms with Crippen molar-refractivity contribution in [3.8, 4) is 0 Å². The molecule has 1 aliphatic rings. The Hall–Kier alpha value is -0.930. The van der Waals surface area contributed by atoms with E-state index in [0.717, 1.165) is 31.8 Å². The quantitative estimate of drug-likeness (QED) is 0.886. The van der Waals surface area contributed by atoms with Crippen LogP contribution in [0.4, 0.5) is 0 Å². The van der Waals surface area contributed by atoms with Gasteiger partial charge in [-0.1, -0.05) is 20.3 Å². The van der Waals surface area contributed by atoms with Crippen molar-refractivity contribution < 1.29 is 5.11 Å². The Balaban J connectivity index is 2.03. The maximum Gasteiger partial charge on any atom is 0.0695 e. The van der Waals surface area contributed by atoms with E-state index in [9.17, 15) is 5.11 Å². The van der Waals surface area contributed by atoms with Gasteiger partial charge in [0.05, 0.1) is 6.10 Å². The van der Waals surface area contributed by atoms with E-state index in [0.29, 0.717) is 6.04 Å². The summed E-state index contributed by atoms with van der Waals surface area (Å²) in [6, 6.07) is 4.45. The van der Waals surface area contributed by atoms with Crippen LogP contribution < -0.4 is 0 Å². The number of nitrogens with zero attached hydrogens (tertiary/aromatic N) is 2. The molecule has 0 aliphatic heterocycles. The van der Waals surface area contributed by atoms with Crippen molar-refractivity contribution in [2.24, 2.45) is 5.92 Å². The van der Waals surface area contributed by atoms with Crippen LogP contribution in [0.2, 0.25) is 0 Å². The monoisotopic (exact) mass is 262 g/mol. The van der Waals surface area contributed by atoms with Gasteiger partial charge < -0.3 is 5.11 Å². The molecule has 0 aromatic carbocycles. The molecular formula is C16H26N2O. The van der Waals surface area contributed by atoms with Crippen LogP contribution in [0.15, 0.2) is 24.5 Å². The Morgan fingerprint density at radius 2 is 2.00 bits per heavy atom. The lowest BCUT2D eigenvalue weighted by atomic mass is 9.81. The second kappa shape index (κ2) is 7.01. The first-order valence-electron chi connectivity index (χ1n) is 7.55. The van der Waals surface area contributed by atoms with Gasteiger partial charge >= 0.3 is 0 Å². The van der Waals surface area contributed by atoms with Crippen molar-refractivity contribution in [1.82, 2.24) is 9.88 Å². The van der Waals surface area contributed by atoms with Crippen molar-refractivity contribution in [3.05, 3.63) is 30.1 Å². The first-order valence-corrected chi connectivity index (χ1v) is 7.55. The molecule has 3 atom stereocenters. The van der Waals surface area contributed by atoms with Crippen molar-refractivity contribution in [2.75, 3.05) is 6.54 Å². The molecule has 1 aromatic heterocycles. The topological polar surface area (TPSA) is 36.4 Å². The Morgan fingerprint density at radius 3 is 2.63 bits per heavy atom. The average Bonchev–Trinajstić information content (AvgIpc) is 2.47. The molecule has 2 rings (SSSR count). The van der Waals surface area contributed by atoms with Gasteiger partial charge in [0.25, 0.3) is 0 Å². The average molecular weight is 262 g/mol. The second-order valence-electron chi connectivity index (χ2n) is 5.64. The SMILES string of the molecule is CCC1CCC(O)C(N(CC)Cc2ccncc2)C1. The Kier molecular flexibility index (Phi) is 5.34. The summed E-state index contributed by atoms with van der Waals surface area (Å²) in [4.78, 5) is 6.48. The molecule has 1 aromatic rings. The fourth-order valence-corrected chi connectivity index (χ4v) is 3.16. The summed E-state index contributed by atoms with van der Waals surface area (Å²) in [6.07, 6.45) is 8.03. The highest BCUT2D eigenvalue weighted by Crippen LogP contribution is 2.30. The number of aromatic nitrogens is 1. The third-order valence-corrected chi connectivity index (χ3v) is 4.48. The van der Waals surface area contributed by atoms with Crippen LogP contribution in [0, 0.1) is 5.92 Å². The third kappa shape index (κ3) is 3.77. The molecule has 0 bridgehead atoms. The number of hydrogen-bond donors (Lipinski definition) is 1. The van der Waals surface area contributed by atoms with E-state index in [4.69, 9.17) is 0 Å². The van der Waals surface area contributed by atoms with Gasteiger partial charge in [-0.2, -0.15) is 0 Å². The smallest absolute Gasteiger partial charge is 0.0695 e. The largest absolute Gasteiger partial charge is 0.391 e. The molecule has 1 N–H and O–H groups in total. The van der Waals surface area contributed by atoms with Crippen LogP contribution in [0.1, 0.15) is 45.1 Å². The summed E-state index contributed by atoms with van der Waals surface area (Å²) in [5.41, 5.74) is 1.28. The van der Waals surface area contributed by atoms with E-state index in [2.05, 4.69) is 35.9 Å². The zero-order valence-electron chi connectivity index (χ0n) is 12.1. The Morgan fingerprint density at radius 1 is 1.26 bits per heavy atom. The van der Waals surface area contributed by atoms with Gasteiger partial charge in [0.1, 0.15) is 0 Å². The Labute approximate surface area is 116 Å². The standard InChI is InChI=1S/C16H26N2O/c1-3-13-5-6-16(19)15(11-13)18(4-2)12-14-7-9-17-10-8-14/h7-10,13,15-16,19H,3-6,11-12H2,1-2H3. The van der Waals surface area contributed by atoms with E-state index >= 15 is 0 Å². The molecule has 1 aliphatic carbocycles. The number of hydrogen-bond acceptors (Lipinski definition) is 3. The maximum absolute atomic E-state index is 10.3. The lowest BCUT2D eigenvalue weighted by molar-refractivity contribution is 0.000836. The van der Waals surface area contributed by atoms with E-state index in [1.807, 2.05) is 12.4 Å². The fourth-order valence-electron chi connectivity index (χ4n) is 3.16. The minimum Gasteiger partial charge on any atom is -0.391 e. The van der Waals surface area contributed by atoms with Crippen LogP contribution >= 0.6 is 0 Å². The zero-order chi connectivity index (χ0) is 13.7. The van der Waals surface area contributed by atoms with Crippen molar-refractivity contribution in [3.63, 3.8) is 0 Å². The van der Waals surface area contributed by atoms with E-state index in [-0.39, 0.29) is 6.10 Å². The Bertz CT molecular complexity index is 368. The molecule has 106 valence electrons. The number of aliphatic hydroxyl groups is 1. The molecule has 1 saturated carbocycles. The molecule has 19 heavy (non-hydrogen) atoms. The highest BCUT2D eigenvalue weighted by atomic mass is 16.3. The van der Waals surface area contributed by atoms with Crippen LogP contribution in [0.3, 0.4) is 0 Å². The second-order valence-corrected chi connectivity index (χ2v) is 5.64. The number of pyridine rings is 1. The van der Waals surface area contributed by atoms with Crippen molar-refractivity contribution in [2.45, 2.75) is 58.2 Å². The number of aliphatic hydroxyl groups excluding tert-OH is 1. The number of rotatable bonds is 5. The first-order chi connectivity index (χ1) is 9.24. The molecule has 1 fully saturated rings. The van der Waals surface area contributed by atoms with Gasteiger partial charge in [-0.05, 0) is 49.4 Å². The summed E-state index contributed by atoms with van der Waals surface area (Å²) < 4.78 is 0. The van der Waals surface area contributed by atoms with Gasteiger partial charge in [0, 0.05) is 25.0 Å². The van der Waals surface area contributed by atoms with Gasteiger partial charge in [-0.3, -0.25) is 9.88 Å². The molecule has 0 spiro atoms. The summed E-state index contributed by atoms with van der Waals surface area (Å²) in [5, 5.41) is 10.3. The third-order valence-electron chi connectivity index (χ3n) is 4.48. The molecule has 1 heterocycles. The van der Waals surface area contributed by atoms with Gasteiger partial charge in [0.15, 0.2) is 0 Å². The number of likely N-dealkylation sites (N-methyl/N-ethyl adjacent to an activating group) is 1. The predicted molar refractivity (Wildman–Crippen MR) is 77.7 cm³/mol. The summed E-state index contributed by atoms with van der Waals surface area (Å²) in [7, 11) is 0. The van der Waals surface area contributed by atoms with Crippen LogP contribution in [-0.4, -0.2) is 33.7 Å². The van der Waals surface area contributed by atoms with Gasteiger partial charge in [0.2, 0.25) is 0 Å². The fraction of sp³-hybridized carbons (Fsp3) is 0.688. The van der Waals surface area contributed by atoms with Crippen molar-refractivity contribution in [1.29, 1.82) is 0 Å². The molecular weight excluding hydrogens is 236 g/mol. The minimum atomic E-state index is -0.162. The normalized spacial score (nSPS) is 27.7. The summed E-state index contributed by atoms with van der Waals surface area (Å²) >= 11 is 0. The summed E-state index contributed by atoms with van der Waals surface area (Å²) in [6.45, 7) is 6.35. The first kappa shape index (κ1) is 14.5. The minimum absolute atomic E-state index is 0.162. The maximum atomic E-state index is 10.3. The van der Waals surface area contributed by atoms with Gasteiger partial charge in [-0.15, -0.1) is 0 Å². The highest BCUT2D eigenvalue weighted by molar-refractivity contribution is 5.09. The van der Waals surface area contributed by atoms with Crippen LogP contribution in [-0.2, 0) is 6.54 Å². The zero-order valence-corrected chi connectivity index (χ0v) is 12.1. The van der Waals surface area contributed by atoms with Crippen LogP contribution in [0.25, 0.3) is 0 Å². The van der Waals surface area contributed by atoms with Gasteiger partial charge in [-0.25, -0.2) is 0 Å². The van der Waals surface area contributed by atoms with E-state index in [1.54, 1.807) is 0 Å². The van der Waals surface area contributed by atoms with Crippen molar-refractivity contribution >= 4 is 0 Å². The molecule has 0 saturated heterocycles. The molecule has 3 heteroatoms. The molecule has 0 radical (unpaired) electrons. The van der Waals surface area contributed by atoms with E-state index in [1.165, 1.54) is 18.4 Å².